The molecule has 0 unspecified atom stereocenters. The summed E-state index contributed by atoms with van der Waals surface area (Å²) < 4.78 is 0. The van der Waals surface area contributed by atoms with Crippen LogP contribution in [0.2, 0.25) is 0 Å². The van der Waals surface area contributed by atoms with Gasteiger partial charge in [-0.15, -0.1) is 0 Å². The van der Waals surface area contributed by atoms with Gasteiger partial charge in [0.05, 0.1) is 0 Å². The van der Waals surface area contributed by atoms with Crippen LogP contribution < -0.4 is 0 Å². The molecule has 0 aliphatic carbocycles. The first-order valence-electron chi connectivity index (χ1n) is 2.48. The zero-order valence-electron chi connectivity index (χ0n) is 4.90. The summed E-state index contributed by atoms with van der Waals surface area (Å²) in [4.78, 5) is 11.4. The molecule has 50 valence electrons. The number of carbonyl (C=O) groups is 1. The standard InChI is InChI=1S/C6H3NOS2/c7-4-9-3-5-1-2-6(8)10-5/h1-3H. The summed E-state index contributed by atoms with van der Waals surface area (Å²) in [5, 5.41) is 11.7. The molecule has 0 spiro atoms. The van der Waals surface area contributed by atoms with Crippen LogP contribution in [0, 0.1) is 10.7 Å². The number of rotatable bonds is 1. The number of hydrogen-bond acceptors (Lipinski definition) is 4. The molecule has 1 rings (SSSR count). The van der Waals surface area contributed by atoms with Crippen LogP contribution in [0.1, 0.15) is 0 Å². The summed E-state index contributed by atoms with van der Waals surface area (Å²) in [7, 11) is 0. The molecule has 0 saturated heterocycles. The number of carbonyl (C=O) groups excluding carboxylic acids is 1. The second-order valence-electron chi connectivity index (χ2n) is 1.48. The molecule has 0 fully saturated rings. The molecule has 0 aromatic rings. The van der Waals surface area contributed by atoms with Crippen LogP contribution in [-0.2, 0) is 4.79 Å². The lowest BCUT2D eigenvalue weighted by atomic mass is 10.5. The summed E-state index contributed by atoms with van der Waals surface area (Å²) in [6, 6.07) is 0. The molecule has 0 aromatic heterocycles. The first-order chi connectivity index (χ1) is 4.83. The Morgan fingerprint density at radius 2 is 2.50 bits per heavy atom. The summed E-state index contributed by atoms with van der Waals surface area (Å²) in [6.45, 7) is 0. The number of thioether (sulfide) groups is 2. The van der Waals surface area contributed by atoms with E-state index in [1.54, 1.807) is 11.5 Å². The van der Waals surface area contributed by atoms with Crippen LogP contribution in [0.4, 0.5) is 0 Å². The third-order valence-corrected chi connectivity index (χ3v) is 2.28. The van der Waals surface area contributed by atoms with E-state index in [1.807, 2.05) is 5.40 Å². The van der Waals surface area contributed by atoms with E-state index in [0.717, 1.165) is 28.4 Å². The molecule has 0 radical (unpaired) electrons. The Bertz CT molecular complexity index is 249. The largest absolute Gasteiger partial charge is 0.282 e. The maximum absolute atomic E-state index is 10.6. The van der Waals surface area contributed by atoms with Gasteiger partial charge < -0.3 is 0 Å². The van der Waals surface area contributed by atoms with E-state index in [1.165, 1.54) is 6.08 Å². The highest BCUT2D eigenvalue weighted by Crippen LogP contribution is 2.27. The first-order valence-corrected chi connectivity index (χ1v) is 4.17. The Morgan fingerprint density at radius 1 is 1.70 bits per heavy atom. The van der Waals surface area contributed by atoms with Gasteiger partial charge in [0.2, 0.25) is 5.12 Å². The third-order valence-electron chi connectivity index (χ3n) is 0.830. The quantitative estimate of drug-likeness (QED) is 0.562. The highest BCUT2D eigenvalue weighted by molar-refractivity contribution is 8.18. The lowest BCUT2D eigenvalue weighted by Crippen LogP contribution is -1.72. The summed E-state index contributed by atoms with van der Waals surface area (Å²) in [5.41, 5.74) is 0. The fraction of sp³-hybridized carbons (Fsp3) is 0. The highest BCUT2D eigenvalue weighted by atomic mass is 32.2. The Morgan fingerprint density at radius 3 is 3.00 bits per heavy atom. The molecule has 1 heterocycles. The molecule has 0 atom stereocenters. The van der Waals surface area contributed by atoms with E-state index in [9.17, 15) is 4.79 Å². The van der Waals surface area contributed by atoms with Crippen molar-refractivity contribution in [2.45, 2.75) is 0 Å². The van der Waals surface area contributed by atoms with Crippen LogP contribution in [0.25, 0.3) is 0 Å². The zero-order chi connectivity index (χ0) is 7.40. The van der Waals surface area contributed by atoms with Gasteiger partial charge in [0.15, 0.2) is 0 Å². The minimum absolute atomic E-state index is 0.0322. The normalized spacial score (nSPS) is 19.9. The van der Waals surface area contributed by atoms with Crippen molar-refractivity contribution in [3.8, 4) is 5.40 Å². The molecular formula is C6H3NOS2. The SMILES string of the molecule is N#CSC=C1C=CC(=O)S1. The van der Waals surface area contributed by atoms with Gasteiger partial charge >= 0.3 is 0 Å². The number of nitriles is 1. The van der Waals surface area contributed by atoms with Crippen LogP contribution >= 0.6 is 23.5 Å². The highest BCUT2D eigenvalue weighted by Gasteiger charge is 2.07. The minimum atomic E-state index is 0.0322. The van der Waals surface area contributed by atoms with E-state index in [4.69, 9.17) is 5.26 Å². The van der Waals surface area contributed by atoms with Gasteiger partial charge in [-0.1, -0.05) is 0 Å². The van der Waals surface area contributed by atoms with Crippen LogP contribution in [0.5, 0.6) is 0 Å². The molecule has 1 aliphatic heterocycles. The third kappa shape index (κ3) is 1.94. The van der Waals surface area contributed by atoms with Gasteiger partial charge in [-0.2, -0.15) is 5.26 Å². The fourth-order valence-corrected chi connectivity index (χ4v) is 1.57. The molecule has 0 amide bonds. The van der Waals surface area contributed by atoms with Crippen molar-refractivity contribution >= 4 is 28.6 Å². The summed E-state index contributed by atoms with van der Waals surface area (Å²) >= 11 is 2.17. The van der Waals surface area contributed by atoms with E-state index in [-0.39, 0.29) is 5.12 Å². The van der Waals surface area contributed by atoms with E-state index in [2.05, 4.69) is 0 Å². The van der Waals surface area contributed by atoms with Gasteiger partial charge in [0.25, 0.3) is 0 Å². The monoisotopic (exact) mass is 169 g/mol. The van der Waals surface area contributed by atoms with Crippen molar-refractivity contribution in [3.05, 3.63) is 22.5 Å². The lowest BCUT2D eigenvalue weighted by molar-refractivity contribution is -0.106. The molecule has 10 heavy (non-hydrogen) atoms. The van der Waals surface area contributed by atoms with Crippen LogP contribution in [0.15, 0.2) is 22.5 Å². The number of allylic oxidation sites excluding steroid dienone is 1. The van der Waals surface area contributed by atoms with Crippen LogP contribution in [-0.4, -0.2) is 5.12 Å². The first kappa shape index (κ1) is 7.45. The Hall–Kier alpha value is -0.660. The molecule has 0 N–H and O–H groups in total. The van der Waals surface area contributed by atoms with Crippen molar-refractivity contribution in [2.24, 2.45) is 0 Å². The average Bonchev–Trinajstić information content (AvgIpc) is 2.31. The Labute approximate surface area is 67.0 Å². The molecule has 2 nitrogen and oxygen atoms in total. The lowest BCUT2D eigenvalue weighted by Gasteiger charge is -1.84. The van der Waals surface area contributed by atoms with E-state index in [0.29, 0.717) is 0 Å². The van der Waals surface area contributed by atoms with Crippen molar-refractivity contribution in [3.63, 3.8) is 0 Å². The van der Waals surface area contributed by atoms with Crippen molar-refractivity contribution in [1.29, 1.82) is 5.26 Å². The van der Waals surface area contributed by atoms with Gasteiger partial charge in [0, 0.05) is 10.3 Å². The predicted octanol–water partition coefficient (Wildman–Crippen LogP) is 1.87. The Kier molecular flexibility index (Phi) is 2.60. The molecule has 0 aromatic carbocycles. The maximum atomic E-state index is 10.6. The molecular weight excluding hydrogens is 166 g/mol. The summed E-state index contributed by atoms with van der Waals surface area (Å²) in [6.07, 6.45) is 3.20. The fourth-order valence-electron chi connectivity index (χ4n) is 0.482. The minimum Gasteiger partial charge on any atom is -0.282 e. The van der Waals surface area contributed by atoms with Gasteiger partial charge in [0.1, 0.15) is 5.40 Å². The summed E-state index contributed by atoms with van der Waals surface area (Å²) in [5.74, 6) is 0. The average molecular weight is 169 g/mol. The Balaban J connectivity index is 2.55. The smallest absolute Gasteiger partial charge is 0.216 e. The van der Waals surface area contributed by atoms with Crippen molar-refractivity contribution in [2.75, 3.05) is 0 Å². The van der Waals surface area contributed by atoms with Crippen molar-refractivity contribution in [1.82, 2.24) is 0 Å². The van der Waals surface area contributed by atoms with E-state index >= 15 is 0 Å². The van der Waals surface area contributed by atoms with Gasteiger partial charge in [-0.3, -0.25) is 4.79 Å². The van der Waals surface area contributed by atoms with Gasteiger partial charge in [-0.25, -0.2) is 0 Å². The number of thiocyanates is 1. The topological polar surface area (TPSA) is 40.9 Å². The van der Waals surface area contributed by atoms with E-state index < -0.39 is 0 Å². The van der Waals surface area contributed by atoms with Crippen LogP contribution in [0.3, 0.4) is 0 Å². The molecule has 4 heteroatoms. The molecule has 0 bridgehead atoms. The maximum Gasteiger partial charge on any atom is 0.216 e. The van der Waals surface area contributed by atoms with Gasteiger partial charge in [-0.05, 0) is 35.7 Å². The molecule has 0 saturated carbocycles. The predicted molar refractivity (Wildman–Crippen MR) is 43.0 cm³/mol. The second-order valence-corrected chi connectivity index (χ2v) is 3.22. The van der Waals surface area contributed by atoms with Crippen molar-refractivity contribution < 1.29 is 4.79 Å². The molecule has 1 aliphatic rings. The number of hydrogen-bond donors (Lipinski definition) is 0. The zero-order valence-corrected chi connectivity index (χ0v) is 6.54. The second kappa shape index (κ2) is 3.49. The number of nitrogens with zero attached hydrogens (tertiary/aromatic N) is 1.